The third-order valence-corrected chi connectivity index (χ3v) is 3.84. The van der Waals surface area contributed by atoms with Gasteiger partial charge in [-0.3, -0.25) is 4.79 Å². The second-order valence-electron chi connectivity index (χ2n) is 5.35. The number of ketones is 1. The Balaban J connectivity index is 2.35. The van der Waals surface area contributed by atoms with E-state index in [-0.39, 0.29) is 11.3 Å². The van der Waals surface area contributed by atoms with Crippen molar-refractivity contribution < 1.29 is 4.79 Å². The zero-order valence-corrected chi connectivity index (χ0v) is 10.4. The Hall–Kier alpha value is -1.11. The van der Waals surface area contributed by atoms with Gasteiger partial charge in [0.2, 0.25) is 0 Å². The summed E-state index contributed by atoms with van der Waals surface area (Å²) < 4.78 is 0. The van der Waals surface area contributed by atoms with Gasteiger partial charge in [0.05, 0.1) is 0 Å². The Morgan fingerprint density at radius 1 is 1.19 bits per heavy atom. The van der Waals surface area contributed by atoms with Crippen molar-refractivity contribution in [3.05, 3.63) is 35.9 Å². The van der Waals surface area contributed by atoms with Gasteiger partial charge in [-0.15, -0.1) is 0 Å². The summed E-state index contributed by atoms with van der Waals surface area (Å²) >= 11 is 0. The SMILES string of the molecule is CC(=O)[C@@H](C(C)C)C1(c2ccccc2)CC1. The molecule has 1 aromatic carbocycles. The van der Waals surface area contributed by atoms with Crippen LogP contribution >= 0.6 is 0 Å². The lowest BCUT2D eigenvalue weighted by Gasteiger charge is -2.28. The molecule has 1 saturated carbocycles. The number of hydrogen-bond acceptors (Lipinski definition) is 1. The number of rotatable bonds is 4. The van der Waals surface area contributed by atoms with Crippen molar-refractivity contribution in [2.45, 2.75) is 39.0 Å². The van der Waals surface area contributed by atoms with Gasteiger partial charge >= 0.3 is 0 Å². The molecule has 86 valence electrons. The van der Waals surface area contributed by atoms with Crippen LogP contribution in [0.4, 0.5) is 0 Å². The molecule has 0 amide bonds. The van der Waals surface area contributed by atoms with Crippen molar-refractivity contribution in [1.82, 2.24) is 0 Å². The quantitative estimate of drug-likeness (QED) is 0.752. The highest BCUT2D eigenvalue weighted by atomic mass is 16.1. The number of hydrogen-bond donors (Lipinski definition) is 0. The van der Waals surface area contributed by atoms with Gasteiger partial charge in [0, 0.05) is 11.3 Å². The fourth-order valence-electron chi connectivity index (χ4n) is 3.18. The molecule has 1 nitrogen and oxygen atoms in total. The summed E-state index contributed by atoms with van der Waals surface area (Å²) in [4.78, 5) is 11.8. The van der Waals surface area contributed by atoms with Crippen LogP contribution in [0.25, 0.3) is 0 Å². The first-order valence-electron chi connectivity index (χ1n) is 6.14. The zero-order valence-electron chi connectivity index (χ0n) is 10.4. The maximum Gasteiger partial charge on any atom is 0.134 e. The molecule has 0 heterocycles. The number of carbonyl (C=O) groups is 1. The van der Waals surface area contributed by atoms with E-state index in [1.807, 2.05) is 6.07 Å². The van der Waals surface area contributed by atoms with E-state index in [1.165, 1.54) is 18.4 Å². The van der Waals surface area contributed by atoms with E-state index in [9.17, 15) is 4.79 Å². The zero-order chi connectivity index (χ0) is 11.8. The van der Waals surface area contributed by atoms with Crippen LogP contribution in [-0.2, 0) is 10.2 Å². The van der Waals surface area contributed by atoms with Crippen molar-refractivity contribution >= 4 is 5.78 Å². The molecule has 2 rings (SSSR count). The highest BCUT2D eigenvalue weighted by Crippen LogP contribution is 2.56. The third-order valence-electron chi connectivity index (χ3n) is 3.84. The summed E-state index contributed by atoms with van der Waals surface area (Å²) in [5, 5.41) is 0. The molecule has 1 aromatic rings. The molecule has 0 unspecified atom stereocenters. The molecule has 0 N–H and O–H groups in total. The molecule has 1 heteroatoms. The molecule has 0 aliphatic heterocycles. The minimum atomic E-state index is 0.154. The van der Waals surface area contributed by atoms with Gasteiger partial charge < -0.3 is 0 Å². The number of carbonyl (C=O) groups excluding carboxylic acids is 1. The minimum Gasteiger partial charge on any atom is -0.300 e. The van der Waals surface area contributed by atoms with Crippen molar-refractivity contribution in [3.8, 4) is 0 Å². The van der Waals surface area contributed by atoms with Gasteiger partial charge in [-0.2, -0.15) is 0 Å². The lowest BCUT2D eigenvalue weighted by molar-refractivity contribution is -0.123. The van der Waals surface area contributed by atoms with E-state index in [0.717, 1.165) is 0 Å². The van der Waals surface area contributed by atoms with Crippen LogP contribution in [0, 0.1) is 11.8 Å². The molecular weight excluding hydrogens is 196 g/mol. The van der Waals surface area contributed by atoms with Gasteiger partial charge in [-0.1, -0.05) is 44.2 Å². The summed E-state index contributed by atoms with van der Waals surface area (Å²) in [5.74, 6) is 0.964. The molecule has 16 heavy (non-hydrogen) atoms. The van der Waals surface area contributed by atoms with Gasteiger partial charge in [0.25, 0.3) is 0 Å². The number of benzene rings is 1. The van der Waals surface area contributed by atoms with Gasteiger partial charge in [0.1, 0.15) is 5.78 Å². The molecule has 0 aromatic heterocycles. The summed E-state index contributed by atoms with van der Waals surface area (Å²) in [7, 11) is 0. The highest BCUT2D eigenvalue weighted by molar-refractivity contribution is 5.81. The normalized spacial score (nSPS) is 19.5. The van der Waals surface area contributed by atoms with Crippen molar-refractivity contribution in [1.29, 1.82) is 0 Å². The van der Waals surface area contributed by atoms with E-state index < -0.39 is 0 Å². The fraction of sp³-hybridized carbons (Fsp3) is 0.533. The first-order chi connectivity index (χ1) is 7.58. The second kappa shape index (κ2) is 4.04. The Kier molecular flexibility index (Phi) is 2.88. The molecule has 1 aliphatic rings. The molecular formula is C15H20O. The molecule has 0 spiro atoms. The Morgan fingerprint density at radius 3 is 2.12 bits per heavy atom. The van der Waals surface area contributed by atoms with Crippen LogP contribution in [0.3, 0.4) is 0 Å². The average Bonchev–Trinajstić information content (AvgIpc) is 2.99. The smallest absolute Gasteiger partial charge is 0.134 e. The lowest BCUT2D eigenvalue weighted by Crippen LogP contribution is -2.31. The van der Waals surface area contributed by atoms with E-state index in [1.54, 1.807) is 6.92 Å². The summed E-state index contributed by atoms with van der Waals surface area (Å²) in [6.45, 7) is 6.07. The molecule has 1 aliphatic carbocycles. The van der Waals surface area contributed by atoms with Gasteiger partial charge in [-0.05, 0) is 31.2 Å². The van der Waals surface area contributed by atoms with Crippen LogP contribution < -0.4 is 0 Å². The van der Waals surface area contributed by atoms with E-state index in [0.29, 0.717) is 11.7 Å². The summed E-state index contributed by atoms with van der Waals surface area (Å²) in [6, 6.07) is 10.5. The molecule has 0 radical (unpaired) electrons. The fourth-order valence-corrected chi connectivity index (χ4v) is 3.18. The van der Waals surface area contributed by atoms with Crippen LogP contribution in [-0.4, -0.2) is 5.78 Å². The van der Waals surface area contributed by atoms with Crippen molar-refractivity contribution in [3.63, 3.8) is 0 Å². The van der Waals surface area contributed by atoms with Crippen LogP contribution in [0.1, 0.15) is 39.2 Å². The Morgan fingerprint density at radius 2 is 1.75 bits per heavy atom. The Labute approximate surface area is 97.9 Å². The standard InChI is InChI=1S/C15H20O/c1-11(2)14(12(3)16)15(9-10-15)13-7-5-4-6-8-13/h4-8,11,14H,9-10H2,1-3H3/t14-/m1/s1. The first kappa shape index (κ1) is 11.4. The second-order valence-corrected chi connectivity index (χ2v) is 5.35. The predicted octanol–water partition coefficient (Wildman–Crippen LogP) is 3.58. The average molecular weight is 216 g/mol. The molecule has 1 fully saturated rings. The van der Waals surface area contributed by atoms with E-state index in [4.69, 9.17) is 0 Å². The predicted molar refractivity (Wildman–Crippen MR) is 66.4 cm³/mol. The summed E-state index contributed by atoms with van der Waals surface area (Å²) in [6.07, 6.45) is 2.33. The van der Waals surface area contributed by atoms with Crippen molar-refractivity contribution in [2.24, 2.45) is 11.8 Å². The van der Waals surface area contributed by atoms with Gasteiger partial charge in [0.15, 0.2) is 0 Å². The van der Waals surface area contributed by atoms with Crippen molar-refractivity contribution in [2.75, 3.05) is 0 Å². The van der Waals surface area contributed by atoms with Crippen LogP contribution in [0.5, 0.6) is 0 Å². The first-order valence-corrected chi connectivity index (χ1v) is 6.14. The monoisotopic (exact) mass is 216 g/mol. The topological polar surface area (TPSA) is 17.1 Å². The Bertz CT molecular complexity index is 374. The maximum absolute atomic E-state index is 11.8. The molecule has 0 bridgehead atoms. The highest BCUT2D eigenvalue weighted by Gasteiger charge is 2.53. The lowest BCUT2D eigenvalue weighted by atomic mass is 9.74. The van der Waals surface area contributed by atoms with E-state index in [2.05, 4.69) is 38.1 Å². The van der Waals surface area contributed by atoms with E-state index >= 15 is 0 Å². The molecule has 1 atom stereocenters. The summed E-state index contributed by atoms with van der Waals surface area (Å²) in [5.41, 5.74) is 1.50. The van der Waals surface area contributed by atoms with Gasteiger partial charge in [-0.25, -0.2) is 0 Å². The number of Topliss-reactive ketones (excluding diaryl/α,β-unsaturated/α-hetero) is 1. The van der Waals surface area contributed by atoms with Crippen LogP contribution in [0.15, 0.2) is 30.3 Å². The van der Waals surface area contributed by atoms with Crippen LogP contribution in [0.2, 0.25) is 0 Å². The molecule has 0 saturated heterocycles. The largest absolute Gasteiger partial charge is 0.300 e. The minimum absolute atomic E-state index is 0.154. The maximum atomic E-state index is 11.8. The third kappa shape index (κ3) is 1.79.